The minimum atomic E-state index is -4.04. The van der Waals surface area contributed by atoms with Gasteiger partial charge in [0, 0.05) is 35.3 Å². The van der Waals surface area contributed by atoms with Crippen molar-refractivity contribution in [2.24, 2.45) is 0 Å². The van der Waals surface area contributed by atoms with E-state index in [1.54, 1.807) is 18.3 Å². The number of aromatic amines is 1. The second kappa shape index (κ2) is 8.93. The third-order valence-corrected chi connectivity index (χ3v) is 6.07. The van der Waals surface area contributed by atoms with E-state index in [9.17, 15) is 23.3 Å². The highest BCUT2D eigenvalue weighted by molar-refractivity contribution is 7.92. The van der Waals surface area contributed by atoms with Crippen LogP contribution in [-0.2, 0) is 10.0 Å². The summed E-state index contributed by atoms with van der Waals surface area (Å²) in [6.45, 7) is 0. The summed E-state index contributed by atoms with van der Waals surface area (Å²) in [4.78, 5) is 22.5. The molecule has 4 aromatic rings. The number of nitro groups is 1. The van der Waals surface area contributed by atoms with Crippen LogP contribution in [0.4, 0.5) is 17.1 Å². The van der Waals surface area contributed by atoms with Gasteiger partial charge in [-0.05, 0) is 54.1 Å². The first-order valence-corrected chi connectivity index (χ1v) is 11.1. The number of non-ortho nitro benzene ring substituents is 1. The Morgan fingerprint density at radius 3 is 2.27 bits per heavy atom. The summed E-state index contributed by atoms with van der Waals surface area (Å²) in [6.07, 6.45) is 1.65. The molecule has 10 nitrogen and oxygen atoms in total. The van der Waals surface area contributed by atoms with E-state index in [0.29, 0.717) is 11.3 Å². The van der Waals surface area contributed by atoms with E-state index in [0.717, 1.165) is 17.3 Å². The van der Waals surface area contributed by atoms with Crippen molar-refractivity contribution in [1.82, 2.24) is 10.2 Å². The number of nitrogens with one attached hydrogen (secondary N) is 3. The molecule has 0 saturated heterocycles. The molecule has 0 unspecified atom stereocenters. The highest BCUT2D eigenvalue weighted by Gasteiger charge is 2.18. The molecule has 0 aliphatic heterocycles. The van der Waals surface area contributed by atoms with Crippen molar-refractivity contribution in [3.05, 3.63) is 101 Å². The van der Waals surface area contributed by atoms with Crippen LogP contribution in [0.5, 0.6) is 0 Å². The quantitative estimate of drug-likeness (QED) is 0.278. The first-order valence-electron chi connectivity index (χ1n) is 9.60. The number of carbonyl (C=O) groups excluding carboxylic acids is 1. The number of benzene rings is 3. The van der Waals surface area contributed by atoms with Crippen LogP contribution in [0.2, 0.25) is 0 Å². The Morgan fingerprint density at radius 1 is 0.939 bits per heavy atom. The van der Waals surface area contributed by atoms with Crippen molar-refractivity contribution in [1.29, 1.82) is 0 Å². The number of anilines is 2. The molecule has 0 aliphatic rings. The second-order valence-electron chi connectivity index (χ2n) is 6.94. The molecule has 0 spiro atoms. The minimum Gasteiger partial charge on any atom is -0.322 e. The lowest BCUT2D eigenvalue weighted by Crippen LogP contribution is -2.14. The van der Waals surface area contributed by atoms with Crippen LogP contribution in [0.25, 0.3) is 11.3 Å². The minimum absolute atomic E-state index is 0.210. The fourth-order valence-electron chi connectivity index (χ4n) is 3.02. The molecular weight excluding hydrogens is 446 g/mol. The highest BCUT2D eigenvalue weighted by Crippen LogP contribution is 2.22. The number of amides is 1. The summed E-state index contributed by atoms with van der Waals surface area (Å²) in [6, 6.07) is 19.6. The molecule has 0 radical (unpaired) electrons. The lowest BCUT2D eigenvalue weighted by atomic mass is 10.1. The average molecular weight is 463 g/mol. The van der Waals surface area contributed by atoms with Gasteiger partial charge < -0.3 is 5.32 Å². The van der Waals surface area contributed by atoms with E-state index >= 15 is 0 Å². The van der Waals surface area contributed by atoms with Gasteiger partial charge in [0.2, 0.25) is 0 Å². The fraction of sp³-hybridized carbons (Fsp3) is 0. The Kier molecular flexibility index (Phi) is 5.87. The second-order valence-corrected chi connectivity index (χ2v) is 8.62. The molecule has 1 heterocycles. The number of sulfonamides is 1. The summed E-state index contributed by atoms with van der Waals surface area (Å²) >= 11 is 0. The third kappa shape index (κ3) is 5.05. The molecule has 33 heavy (non-hydrogen) atoms. The van der Waals surface area contributed by atoms with Gasteiger partial charge in [-0.25, -0.2) is 8.42 Å². The number of nitro benzene ring substituents is 1. The standard InChI is InChI=1S/C22H17N5O5S/c28-22(24-17-8-4-15(5-9-17)21-12-13-23-25-21)16-6-10-18(11-7-16)26-33(31,32)20-3-1-2-19(14-20)27(29)30/h1-14,26H,(H,23,25)(H,24,28). The molecule has 166 valence electrons. The Morgan fingerprint density at radius 2 is 1.64 bits per heavy atom. The fourth-order valence-corrected chi connectivity index (χ4v) is 4.12. The number of aromatic nitrogens is 2. The molecule has 0 aliphatic carbocycles. The Hall–Kier alpha value is -4.51. The number of hydrogen-bond donors (Lipinski definition) is 3. The molecule has 0 saturated carbocycles. The van der Waals surface area contributed by atoms with Crippen molar-refractivity contribution in [2.75, 3.05) is 10.0 Å². The molecule has 3 N–H and O–H groups in total. The topological polar surface area (TPSA) is 147 Å². The van der Waals surface area contributed by atoms with Gasteiger partial charge in [-0.2, -0.15) is 5.10 Å². The molecule has 11 heteroatoms. The van der Waals surface area contributed by atoms with Crippen molar-refractivity contribution < 1.29 is 18.1 Å². The van der Waals surface area contributed by atoms with Crippen molar-refractivity contribution in [3.63, 3.8) is 0 Å². The molecule has 0 bridgehead atoms. The van der Waals surface area contributed by atoms with Crippen LogP contribution in [0.1, 0.15) is 10.4 Å². The van der Waals surface area contributed by atoms with Crippen LogP contribution in [0.15, 0.2) is 90.0 Å². The number of rotatable bonds is 7. The normalized spacial score (nSPS) is 11.0. The maximum atomic E-state index is 12.5. The molecule has 1 amide bonds. The van der Waals surface area contributed by atoms with E-state index in [1.165, 1.54) is 42.5 Å². The van der Waals surface area contributed by atoms with Crippen LogP contribution >= 0.6 is 0 Å². The average Bonchev–Trinajstić information content (AvgIpc) is 3.35. The molecule has 0 fully saturated rings. The first kappa shape index (κ1) is 21.7. The lowest BCUT2D eigenvalue weighted by Gasteiger charge is -2.09. The van der Waals surface area contributed by atoms with Crippen LogP contribution in [0.3, 0.4) is 0 Å². The van der Waals surface area contributed by atoms with Gasteiger partial charge in [-0.1, -0.05) is 18.2 Å². The van der Waals surface area contributed by atoms with Crippen molar-refractivity contribution in [3.8, 4) is 11.3 Å². The van der Waals surface area contributed by atoms with Crippen molar-refractivity contribution >= 4 is 33.0 Å². The Labute approximate surface area is 188 Å². The summed E-state index contributed by atoms with van der Waals surface area (Å²) < 4.78 is 27.4. The van der Waals surface area contributed by atoms with Gasteiger partial charge in [0.05, 0.1) is 15.5 Å². The first-order chi connectivity index (χ1) is 15.8. The van der Waals surface area contributed by atoms with E-state index in [4.69, 9.17) is 0 Å². The van der Waals surface area contributed by atoms with Gasteiger partial charge in [-0.15, -0.1) is 0 Å². The molecular formula is C22H17N5O5S. The zero-order valence-corrected chi connectivity index (χ0v) is 17.7. The van der Waals surface area contributed by atoms with E-state index < -0.39 is 14.9 Å². The number of carbonyl (C=O) groups is 1. The predicted molar refractivity (Wildman–Crippen MR) is 122 cm³/mol. The number of H-pyrrole nitrogens is 1. The van der Waals surface area contributed by atoms with E-state index in [1.807, 2.05) is 18.2 Å². The van der Waals surface area contributed by atoms with Gasteiger partial charge >= 0.3 is 0 Å². The zero-order valence-electron chi connectivity index (χ0n) is 16.9. The third-order valence-electron chi connectivity index (χ3n) is 4.69. The van der Waals surface area contributed by atoms with Crippen LogP contribution < -0.4 is 10.0 Å². The molecule has 0 atom stereocenters. The molecule has 3 aromatic carbocycles. The summed E-state index contributed by atoms with van der Waals surface area (Å²) in [5, 5.41) is 20.4. The maximum Gasteiger partial charge on any atom is 0.270 e. The molecule has 1 aromatic heterocycles. The maximum absolute atomic E-state index is 12.5. The van der Waals surface area contributed by atoms with Gasteiger partial charge in [-0.3, -0.25) is 24.7 Å². The molecule has 4 rings (SSSR count). The highest BCUT2D eigenvalue weighted by atomic mass is 32.2. The SMILES string of the molecule is O=C(Nc1ccc(-c2ccn[nH]2)cc1)c1ccc(NS(=O)(=O)c2cccc([N+](=O)[O-])c2)cc1. The predicted octanol–water partition coefficient (Wildman–Crippen LogP) is 4.04. The van der Waals surface area contributed by atoms with Crippen molar-refractivity contribution in [2.45, 2.75) is 4.90 Å². The Balaban J connectivity index is 1.43. The summed E-state index contributed by atoms with van der Waals surface area (Å²) in [5.74, 6) is -0.364. The summed E-state index contributed by atoms with van der Waals surface area (Å²) in [7, 11) is -4.04. The lowest BCUT2D eigenvalue weighted by molar-refractivity contribution is -0.385. The largest absolute Gasteiger partial charge is 0.322 e. The van der Waals surface area contributed by atoms with E-state index in [-0.39, 0.29) is 22.2 Å². The van der Waals surface area contributed by atoms with Gasteiger partial charge in [0.25, 0.3) is 21.6 Å². The number of nitrogens with zero attached hydrogens (tertiary/aromatic N) is 2. The van der Waals surface area contributed by atoms with Gasteiger partial charge in [0.1, 0.15) is 0 Å². The summed E-state index contributed by atoms with van der Waals surface area (Å²) in [5.41, 5.74) is 2.58. The van der Waals surface area contributed by atoms with Gasteiger partial charge in [0.15, 0.2) is 0 Å². The monoisotopic (exact) mass is 463 g/mol. The zero-order chi connectivity index (χ0) is 23.4. The van der Waals surface area contributed by atoms with Crippen LogP contribution in [-0.4, -0.2) is 29.4 Å². The van der Waals surface area contributed by atoms with Crippen LogP contribution in [0, 0.1) is 10.1 Å². The smallest absolute Gasteiger partial charge is 0.270 e. The Bertz CT molecular complexity index is 1400. The van der Waals surface area contributed by atoms with E-state index in [2.05, 4.69) is 20.2 Å². The number of hydrogen-bond acceptors (Lipinski definition) is 6.